The van der Waals surface area contributed by atoms with Gasteiger partial charge in [0.15, 0.2) is 0 Å². The molecule has 1 aromatic heterocycles. The summed E-state index contributed by atoms with van der Waals surface area (Å²) in [6.07, 6.45) is 0. The fraction of sp³-hybridized carbons (Fsp3) is 0.625. The van der Waals surface area contributed by atoms with E-state index < -0.39 is 0 Å². The first-order chi connectivity index (χ1) is 6.10. The zero-order valence-corrected chi connectivity index (χ0v) is 8.98. The summed E-state index contributed by atoms with van der Waals surface area (Å²) in [5.41, 5.74) is -0.0610. The highest BCUT2D eigenvalue weighted by molar-refractivity contribution is 7.15. The van der Waals surface area contributed by atoms with Crippen LogP contribution in [-0.2, 0) is 5.41 Å². The van der Waals surface area contributed by atoms with Gasteiger partial charge in [-0.1, -0.05) is 25.2 Å². The van der Waals surface area contributed by atoms with E-state index in [9.17, 15) is 0 Å². The molecule has 0 atom stereocenters. The Morgan fingerprint density at radius 3 is 2.69 bits per heavy atom. The first kappa shape index (κ1) is 10.1. The van der Waals surface area contributed by atoms with Gasteiger partial charge in [-0.05, 0) is 6.72 Å². The van der Waals surface area contributed by atoms with Crippen LogP contribution in [0.15, 0.2) is 4.99 Å². The number of aromatic nitrogens is 2. The Kier molecular flexibility index (Phi) is 2.98. The van der Waals surface area contributed by atoms with Gasteiger partial charge in [0.25, 0.3) is 0 Å². The summed E-state index contributed by atoms with van der Waals surface area (Å²) in [5.74, 6) is 0. The second kappa shape index (κ2) is 3.83. The Balaban J connectivity index is 2.86. The summed E-state index contributed by atoms with van der Waals surface area (Å²) in [6, 6.07) is 0. The molecule has 5 heteroatoms. The van der Waals surface area contributed by atoms with Crippen LogP contribution in [0.3, 0.4) is 0 Å². The minimum absolute atomic E-state index is 0.0610. The van der Waals surface area contributed by atoms with E-state index in [-0.39, 0.29) is 5.41 Å². The van der Waals surface area contributed by atoms with Crippen LogP contribution in [-0.4, -0.2) is 30.5 Å². The van der Waals surface area contributed by atoms with Crippen molar-refractivity contribution in [3.63, 3.8) is 0 Å². The third-order valence-corrected chi connectivity index (χ3v) is 3.03. The van der Waals surface area contributed by atoms with Gasteiger partial charge < -0.3 is 5.32 Å². The third kappa shape index (κ3) is 2.24. The van der Waals surface area contributed by atoms with Crippen molar-refractivity contribution in [3.05, 3.63) is 5.01 Å². The van der Waals surface area contributed by atoms with Gasteiger partial charge in [-0.25, -0.2) is 0 Å². The van der Waals surface area contributed by atoms with Crippen molar-refractivity contribution in [2.45, 2.75) is 19.3 Å². The number of nitrogens with one attached hydrogen (secondary N) is 1. The van der Waals surface area contributed by atoms with Gasteiger partial charge in [0, 0.05) is 19.0 Å². The lowest BCUT2D eigenvalue weighted by Crippen LogP contribution is -2.20. The highest BCUT2D eigenvalue weighted by atomic mass is 32.1. The van der Waals surface area contributed by atoms with Gasteiger partial charge in [0.1, 0.15) is 5.01 Å². The lowest BCUT2D eigenvalue weighted by Gasteiger charge is -2.17. The molecule has 0 fully saturated rings. The monoisotopic (exact) mass is 198 g/mol. The largest absolute Gasteiger partial charge is 0.363 e. The molecule has 0 saturated heterocycles. The van der Waals surface area contributed by atoms with Crippen molar-refractivity contribution in [1.29, 1.82) is 0 Å². The summed E-state index contributed by atoms with van der Waals surface area (Å²) in [7, 11) is 1.84. The van der Waals surface area contributed by atoms with Crippen molar-refractivity contribution in [3.8, 4) is 0 Å². The number of hydrogen-bond acceptors (Lipinski definition) is 5. The second-order valence-electron chi connectivity index (χ2n) is 3.43. The molecule has 1 heterocycles. The summed E-state index contributed by atoms with van der Waals surface area (Å²) in [5, 5.41) is 12.9. The molecule has 0 unspecified atom stereocenters. The van der Waals surface area contributed by atoms with E-state index in [1.54, 1.807) is 11.3 Å². The second-order valence-corrected chi connectivity index (χ2v) is 4.41. The molecule has 1 rings (SSSR count). The average Bonchev–Trinajstić information content (AvgIpc) is 2.52. The molecular weight excluding hydrogens is 184 g/mol. The van der Waals surface area contributed by atoms with Crippen LogP contribution in [0, 0.1) is 0 Å². The Bertz CT molecular complexity index is 292. The van der Waals surface area contributed by atoms with Crippen LogP contribution >= 0.6 is 11.3 Å². The minimum Gasteiger partial charge on any atom is -0.363 e. The van der Waals surface area contributed by atoms with E-state index in [1.165, 1.54) is 0 Å². The van der Waals surface area contributed by atoms with Crippen molar-refractivity contribution >= 4 is 23.2 Å². The Morgan fingerprint density at radius 1 is 1.54 bits per heavy atom. The van der Waals surface area contributed by atoms with Crippen LogP contribution < -0.4 is 5.32 Å². The molecule has 0 aliphatic rings. The highest BCUT2D eigenvalue weighted by Crippen LogP contribution is 2.28. The van der Waals surface area contributed by atoms with Crippen LogP contribution in [0.2, 0.25) is 0 Å². The Hall–Kier alpha value is -0.970. The van der Waals surface area contributed by atoms with E-state index in [1.807, 2.05) is 7.05 Å². The van der Waals surface area contributed by atoms with Crippen LogP contribution in [0.4, 0.5) is 5.13 Å². The molecule has 0 bridgehead atoms. The third-order valence-electron chi connectivity index (χ3n) is 1.72. The number of aliphatic imine (C=N–C) groups is 1. The SMILES string of the molecule is C=NCC(C)(C)c1nnc(NC)s1. The predicted molar refractivity (Wildman–Crippen MR) is 56.9 cm³/mol. The maximum absolute atomic E-state index is 4.10. The smallest absolute Gasteiger partial charge is 0.205 e. The first-order valence-electron chi connectivity index (χ1n) is 4.04. The fourth-order valence-corrected chi connectivity index (χ4v) is 1.73. The zero-order valence-electron chi connectivity index (χ0n) is 8.16. The summed E-state index contributed by atoms with van der Waals surface area (Å²) < 4.78 is 0. The Morgan fingerprint density at radius 2 is 2.23 bits per heavy atom. The number of anilines is 1. The van der Waals surface area contributed by atoms with Gasteiger partial charge in [0.05, 0.1) is 0 Å². The van der Waals surface area contributed by atoms with E-state index in [0.717, 1.165) is 10.1 Å². The molecule has 1 N–H and O–H groups in total. The molecule has 0 radical (unpaired) electrons. The van der Waals surface area contributed by atoms with Gasteiger partial charge in [-0.2, -0.15) is 0 Å². The first-order valence-corrected chi connectivity index (χ1v) is 4.86. The van der Waals surface area contributed by atoms with Crippen molar-refractivity contribution < 1.29 is 0 Å². The molecule has 0 amide bonds. The van der Waals surface area contributed by atoms with Gasteiger partial charge >= 0.3 is 0 Å². The summed E-state index contributed by atoms with van der Waals surface area (Å²) in [6.45, 7) is 8.33. The van der Waals surface area contributed by atoms with Gasteiger partial charge in [-0.15, -0.1) is 10.2 Å². The molecule has 72 valence electrons. The quantitative estimate of drug-likeness (QED) is 0.747. The van der Waals surface area contributed by atoms with Gasteiger partial charge in [0.2, 0.25) is 5.13 Å². The summed E-state index contributed by atoms with van der Waals surface area (Å²) >= 11 is 1.56. The number of nitrogens with zero attached hydrogens (tertiary/aromatic N) is 3. The predicted octanol–water partition coefficient (Wildman–Crippen LogP) is 1.56. The van der Waals surface area contributed by atoms with Crippen molar-refractivity contribution in [1.82, 2.24) is 10.2 Å². The molecule has 0 aliphatic carbocycles. The molecule has 13 heavy (non-hydrogen) atoms. The standard InChI is InChI=1S/C8H14N4S/c1-8(2,5-9-3)6-11-12-7(10-4)13-6/h3,5H2,1-2,4H3,(H,10,12). The zero-order chi connectivity index (χ0) is 9.90. The van der Waals surface area contributed by atoms with Crippen LogP contribution in [0.25, 0.3) is 0 Å². The topological polar surface area (TPSA) is 50.2 Å². The van der Waals surface area contributed by atoms with Crippen LogP contribution in [0.5, 0.6) is 0 Å². The summed E-state index contributed by atoms with van der Waals surface area (Å²) in [4.78, 5) is 3.89. The Labute approximate surface area is 82.1 Å². The van der Waals surface area contributed by atoms with E-state index in [2.05, 4.69) is 41.1 Å². The van der Waals surface area contributed by atoms with Crippen molar-refractivity contribution in [2.24, 2.45) is 4.99 Å². The fourth-order valence-electron chi connectivity index (χ4n) is 0.945. The molecule has 4 nitrogen and oxygen atoms in total. The van der Waals surface area contributed by atoms with E-state index >= 15 is 0 Å². The minimum atomic E-state index is -0.0610. The number of hydrogen-bond donors (Lipinski definition) is 1. The maximum atomic E-state index is 4.10. The lowest BCUT2D eigenvalue weighted by molar-refractivity contribution is 0.533. The normalized spacial score (nSPS) is 11.3. The molecule has 0 saturated carbocycles. The molecule has 0 aromatic carbocycles. The van der Waals surface area contributed by atoms with Gasteiger partial charge in [-0.3, -0.25) is 4.99 Å². The number of rotatable bonds is 4. The molecular formula is C8H14N4S. The molecule has 0 spiro atoms. The van der Waals surface area contributed by atoms with E-state index in [0.29, 0.717) is 6.54 Å². The maximum Gasteiger partial charge on any atom is 0.205 e. The van der Waals surface area contributed by atoms with Crippen LogP contribution in [0.1, 0.15) is 18.9 Å². The van der Waals surface area contributed by atoms with Crippen molar-refractivity contribution in [2.75, 3.05) is 18.9 Å². The van der Waals surface area contributed by atoms with E-state index in [4.69, 9.17) is 0 Å². The molecule has 1 aromatic rings. The highest BCUT2D eigenvalue weighted by Gasteiger charge is 2.24. The lowest BCUT2D eigenvalue weighted by atomic mass is 9.95. The average molecular weight is 198 g/mol. The molecule has 0 aliphatic heterocycles.